The van der Waals surface area contributed by atoms with Gasteiger partial charge in [0.05, 0.1) is 11.5 Å². The van der Waals surface area contributed by atoms with Crippen molar-refractivity contribution in [1.29, 1.82) is 0 Å². The van der Waals surface area contributed by atoms with Gasteiger partial charge in [0.15, 0.2) is 0 Å². The third kappa shape index (κ3) is 4.45. The molecule has 158 valence electrons. The maximum Gasteiger partial charge on any atom is 0.369 e. The van der Waals surface area contributed by atoms with Crippen molar-refractivity contribution in [2.75, 3.05) is 13.2 Å². The maximum absolute atomic E-state index is 12.3. The van der Waals surface area contributed by atoms with Gasteiger partial charge in [0.1, 0.15) is 5.56 Å². The zero-order valence-corrected chi connectivity index (χ0v) is 16.3. The van der Waals surface area contributed by atoms with E-state index in [1.165, 1.54) is 36.4 Å². The number of hydroxylamine groups is 2. The van der Waals surface area contributed by atoms with Crippen LogP contribution in [0.15, 0.2) is 46.1 Å². The van der Waals surface area contributed by atoms with Crippen molar-refractivity contribution < 1.29 is 32.7 Å². The number of nitrogens with one attached hydrogen (secondary N) is 2. The number of sulfonamides is 1. The summed E-state index contributed by atoms with van der Waals surface area (Å²) in [6.45, 7) is -0.461. The van der Waals surface area contributed by atoms with Gasteiger partial charge in [-0.25, -0.2) is 17.9 Å². The average Bonchev–Trinajstić information content (AvgIpc) is 3.04. The first-order chi connectivity index (χ1) is 14.2. The molecule has 0 spiro atoms. The van der Waals surface area contributed by atoms with Crippen LogP contribution >= 0.6 is 0 Å². The van der Waals surface area contributed by atoms with Crippen LogP contribution in [-0.4, -0.2) is 54.5 Å². The summed E-state index contributed by atoms with van der Waals surface area (Å²) < 4.78 is 26.2. The van der Waals surface area contributed by atoms with Crippen LogP contribution in [0.5, 0.6) is 0 Å². The number of rotatable bonds is 7. The molecule has 0 aliphatic carbocycles. The molecule has 1 aliphatic rings. The summed E-state index contributed by atoms with van der Waals surface area (Å²) in [6.07, 6.45) is -0.134. The summed E-state index contributed by atoms with van der Waals surface area (Å²) in [5.74, 6) is -2.47. The first-order valence-corrected chi connectivity index (χ1v) is 10.2. The van der Waals surface area contributed by atoms with Crippen LogP contribution in [0.2, 0.25) is 0 Å². The van der Waals surface area contributed by atoms with Gasteiger partial charge < -0.3 is 14.9 Å². The Morgan fingerprint density at radius 1 is 1.07 bits per heavy atom. The molecule has 1 saturated heterocycles. The van der Waals surface area contributed by atoms with Crippen LogP contribution in [0.4, 0.5) is 0 Å². The number of amides is 2. The van der Waals surface area contributed by atoms with E-state index in [2.05, 4.69) is 9.71 Å². The van der Waals surface area contributed by atoms with Crippen LogP contribution in [0.25, 0.3) is 11.3 Å². The molecule has 3 N–H and O–H groups in total. The summed E-state index contributed by atoms with van der Waals surface area (Å²) in [5.41, 5.74) is -0.438. The lowest BCUT2D eigenvalue weighted by molar-refractivity contribution is -0.172. The molecular weight excluding hydrogens is 418 g/mol. The third-order valence-corrected chi connectivity index (χ3v) is 5.67. The number of H-pyrrole nitrogens is 1. The molecule has 1 aliphatic heterocycles. The Kier molecular flexibility index (Phi) is 6.10. The molecule has 11 nitrogen and oxygen atoms in total. The van der Waals surface area contributed by atoms with Crippen LogP contribution in [-0.2, 0) is 24.4 Å². The molecule has 0 saturated carbocycles. The number of hydrogen-bond donors (Lipinski definition) is 3. The van der Waals surface area contributed by atoms with E-state index in [0.717, 1.165) is 0 Å². The highest BCUT2D eigenvalue weighted by Gasteiger charge is 2.33. The van der Waals surface area contributed by atoms with Gasteiger partial charge in [-0.1, -0.05) is 12.1 Å². The van der Waals surface area contributed by atoms with Gasteiger partial charge in [0.2, 0.25) is 10.0 Å². The smallest absolute Gasteiger partial charge is 0.369 e. The topological polar surface area (TPSA) is 163 Å². The Morgan fingerprint density at radius 3 is 2.27 bits per heavy atom. The Labute approximate surface area is 170 Å². The number of aliphatic hydroxyl groups excluding tert-OH is 1. The van der Waals surface area contributed by atoms with Crippen molar-refractivity contribution in [3.05, 3.63) is 52.3 Å². The average molecular weight is 435 g/mol. The van der Waals surface area contributed by atoms with Crippen molar-refractivity contribution >= 4 is 27.8 Å². The van der Waals surface area contributed by atoms with Gasteiger partial charge in [-0.3, -0.25) is 14.4 Å². The molecule has 0 unspecified atom stereocenters. The first-order valence-electron chi connectivity index (χ1n) is 8.75. The molecule has 30 heavy (non-hydrogen) atoms. The predicted molar refractivity (Wildman–Crippen MR) is 101 cm³/mol. The Morgan fingerprint density at radius 2 is 1.70 bits per heavy atom. The standard InChI is InChI=1S/C18H17N3O8S/c22-10-9-19-30(27,28)12-3-1-11(2-4-12)14-6-5-13(17(25)20-14)18(26)29-21-15(23)7-8-16(21)24/h1-6,19,22H,7-10H2,(H,20,25). The van der Waals surface area contributed by atoms with Crippen molar-refractivity contribution in [3.63, 3.8) is 0 Å². The van der Waals surface area contributed by atoms with Crippen molar-refractivity contribution in [3.8, 4) is 11.3 Å². The van der Waals surface area contributed by atoms with Gasteiger partial charge in [-0.05, 0) is 29.8 Å². The van der Waals surface area contributed by atoms with Crippen LogP contribution in [0, 0.1) is 0 Å². The summed E-state index contributed by atoms with van der Waals surface area (Å²) >= 11 is 0. The van der Waals surface area contributed by atoms with Crippen molar-refractivity contribution in [2.24, 2.45) is 0 Å². The van der Waals surface area contributed by atoms with E-state index in [1.807, 2.05) is 0 Å². The summed E-state index contributed by atoms with van der Waals surface area (Å²) in [4.78, 5) is 54.6. The summed E-state index contributed by atoms with van der Waals surface area (Å²) in [5, 5.41) is 9.08. The molecule has 3 rings (SSSR count). The van der Waals surface area contributed by atoms with E-state index in [-0.39, 0.29) is 30.9 Å². The van der Waals surface area contributed by atoms with Crippen LogP contribution in [0.1, 0.15) is 23.2 Å². The van der Waals surface area contributed by atoms with Gasteiger partial charge >= 0.3 is 5.97 Å². The number of benzene rings is 1. The third-order valence-electron chi connectivity index (χ3n) is 4.19. The van der Waals surface area contributed by atoms with Crippen molar-refractivity contribution in [1.82, 2.24) is 14.8 Å². The maximum atomic E-state index is 12.3. The minimum absolute atomic E-state index is 0.0257. The number of aromatic amines is 1. The molecular formula is C18H17N3O8S. The monoisotopic (exact) mass is 435 g/mol. The van der Waals surface area contributed by atoms with E-state index in [0.29, 0.717) is 16.3 Å². The summed E-state index contributed by atoms with van der Waals surface area (Å²) in [6, 6.07) is 8.13. The van der Waals surface area contributed by atoms with E-state index >= 15 is 0 Å². The number of nitrogens with zero attached hydrogens (tertiary/aromatic N) is 1. The number of aliphatic hydroxyl groups is 1. The number of carbonyl (C=O) groups excluding carboxylic acids is 3. The fourth-order valence-corrected chi connectivity index (χ4v) is 3.69. The molecule has 12 heteroatoms. The van der Waals surface area contributed by atoms with Crippen LogP contribution < -0.4 is 10.3 Å². The van der Waals surface area contributed by atoms with Crippen LogP contribution in [0.3, 0.4) is 0 Å². The molecule has 2 amide bonds. The number of imide groups is 1. The Hall–Kier alpha value is -3.35. The van der Waals surface area contributed by atoms with E-state index in [9.17, 15) is 27.6 Å². The van der Waals surface area contributed by atoms with Gasteiger partial charge in [0, 0.05) is 25.1 Å². The van der Waals surface area contributed by atoms with E-state index in [1.54, 1.807) is 0 Å². The Bertz CT molecular complexity index is 1140. The lowest BCUT2D eigenvalue weighted by atomic mass is 10.1. The second-order valence-corrected chi connectivity index (χ2v) is 7.99. The predicted octanol–water partition coefficient (Wildman–Crippen LogP) is -0.467. The highest BCUT2D eigenvalue weighted by Crippen LogP contribution is 2.19. The van der Waals surface area contributed by atoms with E-state index < -0.39 is 38.9 Å². The molecule has 0 radical (unpaired) electrons. The molecule has 2 heterocycles. The second-order valence-electron chi connectivity index (χ2n) is 6.22. The highest BCUT2D eigenvalue weighted by atomic mass is 32.2. The van der Waals surface area contributed by atoms with Crippen molar-refractivity contribution in [2.45, 2.75) is 17.7 Å². The number of aromatic nitrogens is 1. The minimum Gasteiger partial charge on any atom is -0.395 e. The first kappa shape index (κ1) is 21.4. The summed E-state index contributed by atoms with van der Waals surface area (Å²) in [7, 11) is -3.77. The molecule has 1 aromatic heterocycles. The lowest BCUT2D eigenvalue weighted by Gasteiger charge is -2.12. The molecule has 1 aromatic carbocycles. The zero-order chi connectivity index (χ0) is 21.9. The molecule has 2 aromatic rings. The molecule has 0 atom stereocenters. The number of pyridine rings is 1. The second kappa shape index (κ2) is 8.57. The number of carbonyl (C=O) groups is 3. The zero-order valence-electron chi connectivity index (χ0n) is 15.5. The molecule has 0 bridgehead atoms. The fraction of sp³-hybridized carbons (Fsp3) is 0.222. The van der Waals surface area contributed by atoms with Gasteiger partial charge in [-0.15, -0.1) is 5.06 Å². The molecule has 1 fully saturated rings. The normalized spacial score (nSPS) is 14.2. The minimum atomic E-state index is -3.77. The highest BCUT2D eigenvalue weighted by molar-refractivity contribution is 7.89. The largest absolute Gasteiger partial charge is 0.395 e. The SMILES string of the molecule is O=C(ON1C(=O)CCC1=O)c1ccc(-c2ccc(S(=O)(=O)NCCO)cc2)[nH]c1=O. The Balaban J connectivity index is 1.78. The quantitative estimate of drug-likeness (QED) is 0.492. The lowest BCUT2D eigenvalue weighted by Crippen LogP contribution is -2.34. The number of hydrogen-bond acceptors (Lipinski definition) is 8. The van der Waals surface area contributed by atoms with E-state index in [4.69, 9.17) is 9.94 Å². The van der Waals surface area contributed by atoms with Gasteiger partial charge in [0.25, 0.3) is 17.4 Å². The van der Waals surface area contributed by atoms with Gasteiger partial charge in [-0.2, -0.15) is 0 Å². The fourth-order valence-electron chi connectivity index (χ4n) is 2.67.